The summed E-state index contributed by atoms with van der Waals surface area (Å²) in [6.45, 7) is 18.3. The maximum Gasteiger partial charge on any atom is 0.138 e. The Hall–Kier alpha value is -1.15. The van der Waals surface area contributed by atoms with E-state index in [-0.39, 0.29) is 22.3 Å². The van der Waals surface area contributed by atoms with Gasteiger partial charge in [0, 0.05) is 11.8 Å². The Morgan fingerprint density at radius 3 is 2.50 bits per heavy atom. The second-order valence-corrected chi connectivity index (χ2v) is 13.1. The highest BCUT2D eigenvalue weighted by molar-refractivity contribution is 5.86. The Balaban J connectivity index is 1.67. The molecule has 0 aromatic carbocycles. The predicted molar refractivity (Wildman–Crippen MR) is 133 cm³/mol. The van der Waals surface area contributed by atoms with Crippen LogP contribution >= 0.6 is 0 Å². The van der Waals surface area contributed by atoms with E-state index in [1.54, 1.807) is 11.1 Å². The van der Waals surface area contributed by atoms with E-state index in [0.717, 1.165) is 25.7 Å². The van der Waals surface area contributed by atoms with Gasteiger partial charge in [-0.2, -0.15) is 0 Å². The summed E-state index contributed by atoms with van der Waals surface area (Å²) in [7, 11) is 0. The third kappa shape index (κ3) is 3.51. The summed E-state index contributed by atoms with van der Waals surface area (Å²) in [5, 5.41) is 10.6. The van der Waals surface area contributed by atoms with Gasteiger partial charge >= 0.3 is 0 Å². The molecule has 0 saturated heterocycles. The van der Waals surface area contributed by atoms with Crippen molar-refractivity contribution >= 4 is 5.78 Å². The van der Waals surface area contributed by atoms with E-state index in [0.29, 0.717) is 35.4 Å². The van der Waals surface area contributed by atoms with Crippen LogP contribution < -0.4 is 0 Å². The molecule has 32 heavy (non-hydrogen) atoms. The molecule has 4 aliphatic rings. The average molecular weight is 439 g/mol. The number of ketones is 1. The molecule has 1 N–H and O–H groups in total. The molecule has 0 aromatic rings. The number of Topliss-reactive ketones (excluding diaryl/α,β-unsaturated/α-hetero) is 1. The summed E-state index contributed by atoms with van der Waals surface area (Å²) in [6.07, 6.45) is 13.0. The van der Waals surface area contributed by atoms with Crippen LogP contribution in [0.25, 0.3) is 0 Å². The van der Waals surface area contributed by atoms with Crippen molar-refractivity contribution in [2.45, 2.75) is 100 Å². The van der Waals surface area contributed by atoms with E-state index in [2.05, 4.69) is 67.5 Å². The number of rotatable bonds is 4. The molecule has 178 valence electrons. The fourth-order valence-electron chi connectivity index (χ4n) is 8.79. The highest BCUT2D eigenvalue weighted by atomic mass is 16.3. The molecule has 4 rings (SSSR count). The number of aliphatic hydroxyl groups is 1. The fraction of sp³-hybridized carbons (Fsp3) is 0.767. The molecule has 2 heteroatoms. The number of hydrogen-bond donors (Lipinski definition) is 1. The van der Waals surface area contributed by atoms with Crippen LogP contribution in [0, 0.1) is 45.8 Å². The molecule has 2 fully saturated rings. The van der Waals surface area contributed by atoms with Crippen LogP contribution in [0.2, 0.25) is 0 Å². The fourth-order valence-corrected chi connectivity index (χ4v) is 8.79. The Bertz CT molecular complexity index is 869. The Morgan fingerprint density at radius 1 is 1.16 bits per heavy atom. The Kier molecular flexibility index (Phi) is 5.97. The maximum absolute atomic E-state index is 12.8. The van der Waals surface area contributed by atoms with Gasteiger partial charge in [0.05, 0.1) is 6.10 Å². The normalized spacial score (nSPS) is 42.1. The van der Waals surface area contributed by atoms with Gasteiger partial charge in [0.2, 0.25) is 0 Å². The quantitative estimate of drug-likeness (QED) is 0.468. The van der Waals surface area contributed by atoms with E-state index in [1.807, 2.05) is 6.08 Å². The summed E-state index contributed by atoms with van der Waals surface area (Å²) >= 11 is 0. The summed E-state index contributed by atoms with van der Waals surface area (Å²) < 4.78 is 0. The maximum atomic E-state index is 12.8. The minimum absolute atomic E-state index is 0.118. The molecule has 0 aliphatic heterocycles. The second kappa shape index (κ2) is 7.97. The van der Waals surface area contributed by atoms with Crippen LogP contribution in [-0.2, 0) is 4.79 Å². The summed E-state index contributed by atoms with van der Waals surface area (Å²) in [4.78, 5) is 12.8. The predicted octanol–water partition coefficient (Wildman–Crippen LogP) is 7.29. The first-order valence-electron chi connectivity index (χ1n) is 13.1. The average Bonchev–Trinajstić information content (AvgIpc) is 3.04. The molecule has 2 saturated carbocycles. The van der Waals surface area contributed by atoms with Crippen LogP contribution in [0.3, 0.4) is 0 Å². The lowest BCUT2D eigenvalue weighted by Gasteiger charge is -2.58. The van der Waals surface area contributed by atoms with E-state index < -0.39 is 0 Å². The molecule has 8 atom stereocenters. The molecule has 0 amide bonds. The third-order valence-electron chi connectivity index (χ3n) is 10.4. The first-order valence-corrected chi connectivity index (χ1v) is 13.1. The van der Waals surface area contributed by atoms with Crippen molar-refractivity contribution in [3.63, 3.8) is 0 Å². The smallest absolute Gasteiger partial charge is 0.138 e. The van der Waals surface area contributed by atoms with Crippen molar-refractivity contribution in [1.29, 1.82) is 0 Å². The van der Waals surface area contributed by atoms with Crippen LogP contribution in [0.15, 0.2) is 34.9 Å². The SMILES string of the molecule is CC(C)=CC(O)CC(C)[C@H]1CC[C@@]2(C)C3=CCC4C(C)(C)C(=O)CC[C@]4(C)C3=CC(C)C12. The molecule has 2 nitrogen and oxygen atoms in total. The highest BCUT2D eigenvalue weighted by Crippen LogP contribution is 2.68. The minimum Gasteiger partial charge on any atom is -0.389 e. The third-order valence-corrected chi connectivity index (χ3v) is 10.4. The lowest BCUT2D eigenvalue weighted by molar-refractivity contribution is -0.138. The number of hydrogen-bond acceptors (Lipinski definition) is 2. The standard InChI is InChI=1S/C30H46O2/c1-18(2)15-21(31)16-19(3)22-11-13-30(8)23-9-10-25-28(5,6)26(32)12-14-29(25,7)24(23)17-20(4)27(22)30/h9,15,17,19-22,25,27,31H,10-14,16H2,1-8H3/t19?,20?,21?,22-,25?,27?,29-,30+/m1/s1. The molecule has 0 spiro atoms. The highest BCUT2D eigenvalue weighted by Gasteiger charge is 2.60. The van der Waals surface area contributed by atoms with E-state index in [4.69, 9.17) is 0 Å². The lowest BCUT2D eigenvalue weighted by atomic mass is 9.45. The molecule has 0 heterocycles. The van der Waals surface area contributed by atoms with Gasteiger partial charge in [0.25, 0.3) is 0 Å². The van der Waals surface area contributed by atoms with Gasteiger partial charge < -0.3 is 5.11 Å². The van der Waals surface area contributed by atoms with Crippen LogP contribution in [0.5, 0.6) is 0 Å². The molecule has 0 aromatic heterocycles. The Morgan fingerprint density at radius 2 is 1.84 bits per heavy atom. The van der Waals surface area contributed by atoms with E-state index in [9.17, 15) is 9.90 Å². The number of aliphatic hydroxyl groups excluding tert-OH is 1. The molecule has 0 radical (unpaired) electrons. The van der Waals surface area contributed by atoms with Crippen LogP contribution in [0.4, 0.5) is 0 Å². The van der Waals surface area contributed by atoms with Gasteiger partial charge in [-0.1, -0.05) is 65.3 Å². The first kappa shape index (κ1) is 24.0. The molecule has 4 aliphatic carbocycles. The summed E-state index contributed by atoms with van der Waals surface area (Å²) in [5.41, 5.74) is 4.51. The zero-order chi connectivity index (χ0) is 23.6. The molecule has 5 unspecified atom stereocenters. The molecule has 0 bridgehead atoms. The van der Waals surface area contributed by atoms with E-state index in [1.165, 1.54) is 18.4 Å². The first-order chi connectivity index (χ1) is 14.8. The van der Waals surface area contributed by atoms with E-state index >= 15 is 0 Å². The minimum atomic E-state index is -0.331. The molecular weight excluding hydrogens is 392 g/mol. The van der Waals surface area contributed by atoms with Crippen molar-refractivity contribution in [2.75, 3.05) is 0 Å². The molecular formula is C30H46O2. The summed E-state index contributed by atoms with van der Waals surface area (Å²) in [5.74, 6) is 3.22. The zero-order valence-electron chi connectivity index (χ0n) is 21.8. The van der Waals surface area contributed by atoms with Gasteiger partial charge in [-0.25, -0.2) is 0 Å². The zero-order valence-corrected chi connectivity index (χ0v) is 21.8. The van der Waals surface area contributed by atoms with Gasteiger partial charge in [0.15, 0.2) is 0 Å². The van der Waals surface area contributed by atoms with Crippen molar-refractivity contribution in [1.82, 2.24) is 0 Å². The van der Waals surface area contributed by atoms with Crippen molar-refractivity contribution < 1.29 is 9.90 Å². The number of fused-ring (bicyclic) bond motifs is 5. The lowest BCUT2D eigenvalue weighted by Crippen LogP contribution is -2.52. The number of carbonyl (C=O) groups excluding carboxylic acids is 1. The van der Waals surface area contributed by atoms with Crippen molar-refractivity contribution in [3.8, 4) is 0 Å². The topological polar surface area (TPSA) is 37.3 Å². The van der Waals surface area contributed by atoms with Crippen molar-refractivity contribution in [2.24, 2.45) is 45.8 Å². The number of allylic oxidation sites excluding steroid dienone is 5. The van der Waals surface area contributed by atoms with Gasteiger partial charge in [-0.05, 0) is 97.5 Å². The number of carbonyl (C=O) groups is 1. The van der Waals surface area contributed by atoms with Crippen LogP contribution in [-0.4, -0.2) is 17.0 Å². The van der Waals surface area contributed by atoms with Crippen LogP contribution in [0.1, 0.15) is 93.9 Å². The summed E-state index contributed by atoms with van der Waals surface area (Å²) in [6, 6.07) is 0. The van der Waals surface area contributed by atoms with Gasteiger partial charge in [-0.15, -0.1) is 0 Å². The second-order valence-electron chi connectivity index (χ2n) is 13.1. The monoisotopic (exact) mass is 438 g/mol. The largest absolute Gasteiger partial charge is 0.389 e. The van der Waals surface area contributed by atoms with Gasteiger partial charge in [0.1, 0.15) is 5.78 Å². The Labute approximate surface area is 196 Å². The van der Waals surface area contributed by atoms with Gasteiger partial charge in [-0.3, -0.25) is 4.79 Å². The van der Waals surface area contributed by atoms with Crippen molar-refractivity contribution in [3.05, 3.63) is 34.9 Å².